The lowest BCUT2D eigenvalue weighted by molar-refractivity contribution is -0.0378. The molecular formula is C13H11F3N2. The minimum Gasteiger partial charge on any atom is -0.263 e. The van der Waals surface area contributed by atoms with E-state index in [2.05, 4.69) is 5.10 Å². The lowest BCUT2D eigenvalue weighted by atomic mass is 10.1. The lowest BCUT2D eigenvalue weighted by Crippen LogP contribution is -2.30. The second kappa shape index (κ2) is 3.86. The minimum atomic E-state index is -2.68. The summed E-state index contributed by atoms with van der Waals surface area (Å²) in [6, 6.07) is 7.66. The Balaban J connectivity index is 1.96. The van der Waals surface area contributed by atoms with Gasteiger partial charge in [-0.05, 0) is 36.8 Å². The molecule has 1 aromatic carbocycles. The van der Waals surface area contributed by atoms with Crippen LogP contribution >= 0.6 is 0 Å². The second-order valence-electron chi connectivity index (χ2n) is 4.54. The summed E-state index contributed by atoms with van der Waals surface area (Å²) in [5.41, 5.74) is 2.16. The highest BCUT2D eigenvalue weighted by atomic mass is 19.3. The van der Waals surface area contributed by atoms with Gasteiger partial charge in [0.25, 0.3) is 5.92 Å². The Kier molecular flexibility index (Phi) is 2.43. The highest BCUT2D eigenvalue weighted by Gasteiger charge is 2.35. The molecule has 0 bridgehead atoms. The van der Waals surface area contributed by atoms with E-state index in [0.29, 0.717) is 12.1 Å². The number of hydrogen-bond donors (Lipinski definition) is 0. The van der Waals surface area contributed by atoms with Gasteiger partial charge in [-0.3, -0.25) is 4.68 Å². The minimum absolute atomic E-state index is 0.137. The number of benzene rings is 1. The molecule has 0 atom stereocenters. The summed E-state index contributed by atoms with van der Waals surface area (Å²) in [5.74, 6) is -3.01. The molecule has 0 spiro atoms. The predicted molar refractivity (Wildman–Crippen MR) is 60.9 cm³/mol. The van der Waals surface area contributed by atoms with Gasteiger partial charge in [0.15, 0.2) is 0 Å². The number of aromatic nitrogens is 2. The van der Waals surface area contributed by atoms with Crippen molar-refractivity contribution in [3.8, 4) is 11.3 Å². The number of fused-ring (bicyclic) bond motifs is 1. The number of alkyl halides is 2. The van der Waals surface area contributed by atoms with Crippen LogP contribution in [0.25, 0.3) is 11.3 Å². The van der Waals surface area contributed by atoms with Crippen molar-refractivity contribution < 1.29 is 13.2 Å². The predicted octanol–water partition coefficient (Wildman–Crippen LogP) is 3.27. The van der Waals surface area contributed by atoms with E-state index in [9.17, 15) is 13.2 Å². The zero-order chi connectivity index (χ0) is 12.8. The van der Waals surface area contributed by atoms with Gasteiger partial charge in [-0.15, -0.1) is 0 Å². The summed E-state index contributed by atoms with van der Waals surface area (Å²) in [5, 5.41) is 4.16. The number of rotatable bonds is 1. The maximum absolute atomic E-state index is 13.2. The highest BCUT2D eigenvalue weighted by molar-refractivity contribution is 5.59. The molecule has 0 aliphatic carbocycles. The molecule has 1 aliphatic rings. The second-order valence-corrected chi connectivity index (χ2v) is 4.54. The van der Waals surface area contributed by atoms with E-state index >= 15 is 0 Å². The zero-order valence-corrected chi connectivity index (χ0v) is 9.54. The molecule has 94 valence electrons. The molecule has 0 radical (unpaired) electrons. The van der Waals surface area contributed by atoms with Crippen LogP contribution in [-0.2, 0) is 13.0 Å². The Labute approximate surface area is 102 Å². The SMILES string of the molecule is Fc1ccc(-c2cc3n(n2)CC(F)(F)CC3)cc1. The fraction of sp³-hybridized carbons (Fsp3) is 0.308. The van der Waals surface area contributed by atoms with Gasteiger partial charge in [0.1, 0.15) is 12.4 Å². The van der Waals surface area contributed by atoms with Crippen LogP contribution in [0, 0.1) is 5.82 Å². The van der Waals surface area contributed by atoms with Crippen molar-refractivity contribution in [3.63, 3.8) is 0 Å². The van der Waals surface area contributed by atoms with Crippen LogP contribution < -0.4 is 0 Å². The molecule has 1 aromatic heterocycles. The lowest BCUT2D eigenvalue weighted by Gasteiger charge is -2.22. The summed E-state index contributed by atoms with van der Waals surface area (Å²) < 4.78 is 40.6. The molecule has 2 heterocycles. The Morgan fingerprint density at radius 3 is 2.61 bits per heavy atom. The van der Waals surface area contributed by atoms with Crippen molar-refractivity contribution in [2.45, 2.75) is 25.3 Å². The van der Waals surface area contributed by atoms with Gasteiger partial charge in [0.2, 0.25) is 0 Å². The van der Waals surface area contributed by atoms with Crippen molar-refractivity contribution in [3.05, 3.63) is 41.8 Å². The van der Waals surface area contributed by atoms with E-state index in [4.69, 9.17) is 0 Å². The highest BCUT2D eigenvalue weighted by Crippen LogP contribution is 2.30. The first-order chi connectivity index (χ1) is 8.53. The van der Waals surface area contributed by atoms with E-state index in [1.54, 1.807) is 18.2 Å². The van der Waals surface area contributed by atoms with E-state index in [-0.39, 0.29) is 18.8 Å². The Morgan fingerprint density at radius 2 is 1.89 bits per heavy atom. The Morgan fingerprint density at radius 1 is 1.17 bits per heavy atom. The fourth-order valence-electron chi connectivity index (χ4n) is 2.16. The van der Waals surface area contributed by atoms with Crippen LogP contribution in [0.2, 0.25) is 0 Å². The van der Waals surface area contributed by atoms with Crippen LogP contribution in [-0.4, -0.2) is 15.7 Å². The summed E-state index contributed by atoms with van der Waals surface area (Å²) in [6.07, 6.45) is 0.183. The number of halogens is 3. The van der Waals surface area contributed by atoms with Crippen LogP contribution in [0.3, 0.4) is 0 Å². The smallest absolute Gasteiger partial charge is 0.263 e. The third-order valence-electron chi connectivity index (χ3n) is 3.13. The molecule has 18 heavy (non-hydrogen) atoms. The zero-order valence-electron chi connectivity index (χ0n) is 9.54. The van der Waals surface area contributed by atoms with Gasteiger partial charge in [-0.1, -0.05) is 0 Å². The van der Waals surface area contributed by atoms with Gasteiger partial charge in [-0.25, -0.2) is 13.2 Å². The molecule has 0 unspecified atom stereocenters. The number of hydrogen-bond acceptors (Lipinski definition) is 1. The molecule has 0 N–H and O–H groups in total. The van der Waals surface area contributed by atoms with Gasteiger partial charge < -0.3 is 0 Å². The third-order valence-corrected chi connectivity index (χ3v) is 3.13. The van der Waals surface area contributed by atoms with Crippen LogP contribution in [0.4, 0.5) is 13.2 Å². The quantitative estimate of drug-likeness (QED) is 0.761. The van der Waals surface area contributed by atoms with Crippen LogP contribution in [0.15, 0.2) is 30.3 Å². The van der Waals surface area contributed by atoms with Crippen molar-refractivity contribution in [2.24, 2.45) is 0 Å². The average molecular weight is 252 g/mol. The molecule has 2 nitrogen and oxygen atoms in total. The first kappa shape index (κ1) is 11.3. The van der Waals surface area contributed by atoms with E-state index in [1.807, 2.05) is 0 Å². The van der Waals surface area contributed by atoms with E-state index in [1.165, 1.54) is 16.8 Å². The number of nitrogens with zero attached hydrogens (tertiary/aromatic N) is 2. The molecule has 0 saturated carbocycles. The fourth-order valence-corrected chi connectivity index (χ4v) is 2.16. The largest absolute Gasteiger partial charge is 0.267 e. The molecule has 0 fully saturated rings. The monoisotopic (exact) mass is 252 g/mol. The molecular weight excluding hydrogens is 241 g/mol. The van der Waals surface area contributed by atoms with E-state index in [0.717, 1.165) is 11.3 Å². The normalized spacial score (nSPS) is 17.5. The Hall–Kier alpha value is -1.78. The van der Waals surface area contributed by atoms with Crippen molar-refractivity contribution in [2.75, 3.05) is 0 Å². The van der Waals surface area contributed by atoms with Crippen molar-refractivity contribution in [1.29, 1.82) is 0 Å². The van der Waals surface area contributed by atoms with Crippen LogP contribution in [0.1, 0.15) is 12.1 Å². The van der Waals surface area contributed by atoms with E-state index < -0.39 is 5.92 Å². The number of aryl methyl sites for hydroxylation is 1. The topological polar surface area (TPSA) is 17.8 Å². The first-order valence-electron chi connectivity index (χ1n) is 5.74. The summed E-state index contributed by atoms with van der Waals surface area (Å²) in [6.45, 7) is -0.371. The molecule has 0 saturated heterocycles. The van der Waals surface area contributed by atoms with Crippen LogP contribution in [0.5, 0.6) is 0 Å². The third kappa shape index (κ3) is 2.00. The van der Waals surface area contributed by atoms with Gasteiger partial charge >= 0.3 is 0 Å². The maximum atomic E-state index is 13.2. The standard InChI is InChI=1S/C13H11F3N2/c14-10-3-1-9(2-4-10)12-7-11-5-6-13(15,16)8-18(11)17-12/h1-4,7H,5-6,8H2. The van der Waals surface area contributed by atoms with Crippen molar-refractivity contribution >= 4 is 0 Å². The molecule has 1 aliphatic heterocycles. The first-order valence-corrected chi connectivity index (χ1v) is 5.74. The molecule has 2 aromatic rings. The summed E-state index contributed by atoms with van der Waals surface area (Å²) >= 11 is 0. The molecule has 0 amide bonds. The van der Waals surface area contributed by atoms with Gasteiger partial charge in [-0.2, -0.15) is 5.10 Å². The molecule has 5 heteroatoms. The maximum Gasteiger partial charge on any atom is 0.267 e. The Bertz CT molecular complexity index is 572. The summed E-state index contributed by atoms with van der Waals surface area (Å²) in [7, 11) is 0. The molecule has 3 rings (SSSR count). The van der Waals surface area contributed by atoms with Crippen molar-refractivity contribution in [1.82, 2.24) is 9.78 Å². The average Bonchev–Trinajstić information content (AvgIpc) is 2.71. The van der Waals surface area contributed by atoms with Gasteiger partial charge in [0, 0.05) is 17.7 Å². The summed E-state index contributed by atoms with van der Waals surface area (Å²) in [4.78, 5) is 0. The van der Waals surface area contributed by atoms with Gasteiger partial charge in [0.05, 0.1) is 5.69 Å².